The topological polar surface area (TPSA) is 158 Å². The summed E-state index contributed by atoms with van der Waals surface area (Å²) in [4.78, 5) is 37.6. The molecule has 1 saturated carbocycles. The molecule has 3 aliphatic rings. The number of fused-ring (bicyclic) bond motifs is 3. The summed E-state index contributed by atoms with van der Waals surface area (Å²) in [5, 5.41) is 43.9. The first kappa shape index (κ1) is 22.4. The monoisotopic (exact) mass is 471 g/mol. The van der Waals surface area contributed by atoms with Crippen LogP contribution in [0, 0.1) is 23.7 Å². The van der Waals surface area contributed by atoms with Crippen molar-refractivity contribution >= 4 is 23.2 Å². The summed E-state index contributed by atoms with van der Waals surface area (Å²) in [7, 11) is 0. The number of aliphatic hydroxyl groups excluding tert-OH is 2. The molecule has 176 valence electrons. The molecule has 0 aromatic heterocycles. The molecule has 8 nitrogen and oxygen atoms in total. The smallest absolute Gasteiger partial charge is 0.255 e. The van der Waals surface area contributed by atoms with Crippen LogP contribution in [0.1, 0.15) is 35.1 Å². The number of Topliss-reactive ketones (excluding diaryl/α,β-unsaturated/α-hetero) is 2. The second-order valence-electron chi connectivity index (χ2n) is 9.02. The summed E-state index contributed by atoms with van der Waals surface area (Å²) in [5.74, 6) is -0.705. The molecule has 3 aliphatic carbocycles. The first-order chi connectivity index (χ1) is 16.6. The Morgan fingerprint density at radius 1 is 1.00 bits per heavy atom. The van der Waals surface area contributed by atoms with Crippen molar-refractivity contribution in [3.05, 3.63) is 81.6 Å². The summed E-state index contributed by atoms with van der Waals surface area (Å²) < 4.78 is 0. The number of nitrogens with two attached hydrogens (primary N) is 1. The number of carbonyl (C=O) groups is 3. The second kappa shape index (κ2) is 7.86. The minimum atomic E-state index is -2.57. The summed E-state index contributed by atoms with van der Waals surface area (Å²) >= 11 is 0. The molecule has 0 radical (unpaired) electrons. The SMILES string of the molecule is NC(=O)C1=C(O)C2(O)C(=O)C3=C(O)c4c(ccc(C#Cc5ccccc5)c4O)CC3CC2CC1=O. The van der Waals surface area contributed by atoms with Crippen LogP contribution in [0.15, 0.2) is 59.4 Å². The van der Waals surface area contributed by atoms with E-state index in [4.69, 9.17) is 5.73 Å². The molecule has 0 heterocycles. The molecule has 1 amide bonds. The average molecular weight is 471 g/mol. The maximum Gasteiger partial charge on any atom is 0.255 e. The molecule has 0 spiro atoms. The van der Waals surface area contributed by atoms with Crippen molar-refractivity contribution in [1.29, 1.82) is 0 Å². The lowest BCUT2D eigenvalue weighted by atomic mass is 9.59. The third kappa shape index (κ3) is 3.24. The van der Waals surface area contributed by atoms with E-state index in [9.17, 15) is 34.8 Å². The fourth-order valence-corrected chi connectivity index (χ4v) is 5.36. The van der Waals surface area contributed by atoms with E-state index in [2.05, 4.69) is 11.8 Å². The highest BCUT2D eigenvalue weighted by molar-refractivity contribution is 6.22. The number of hydrogen-bond donors (Lipinski definition) is 5. The van der Waals surface area contributed by atoms with Gasteiger partial charge >= 0.3 is 0 Å². The van der Waals surface area contributed by atoms with Gasteiger partial charge in [0, 0.05) is 23.5 Å². The Bertz CT molecular complexity index is 1440. The standard InChI is InChI=1S/C27H21NO7/c28-26(34)21-18(29)12-17-11-16-10-15-9-8-14(7-6-13-4-2-1-3-5-13)22(30)19(15)23(31)20(16)24(32)27(17,35)25(21)33/h1-5,8-9,16-17,30-31,33,35H,10-12H2,(H2,28,34). The van der Waals surface area contributed by atoms with Crippen molar-refractivity contribution in [2.45, 2.75) is 24.9 Å². The highest BCUT2D eigenvalue weighted by Crippen LogP contribution is 2.52. The number of aliphatic hydroxyl groups is 3. The number of ketones is 2. The number of phenolic OH excluding ortho intramolecular Hbond substituents is 1. The van der Waals surface area contributed by atoms with Crippen LogP contribution in [0.3, 0.4) is 0 Å². The Morgan fingerprint density at radius 2 is 1.71 bits per heavy atom. The summed E-state index contributed by atoms with van der Waals surface area (Å²) in [5.41, 5.74) is 3.20. The maximum absolute atomic E-state index is 13.5. The zero-order valence-corrected chi connectivity index (χ0v) is 18.4. The van der Waals surface area contributed by atoms with Crippen LogP contribution in [0.25, 0.3) is 5.76 Å². The fraction of sp³-hybridized carbons (Fsp3) is 0.222. The van der Waals surface area contributed by atoms with E-state index in [-0.39, 0.29) is 41.7 Å². The van der Waals surface area contributed by atoms with Crippen LogP contribution < -0.4 is 5.73 Å². The van der Waals surface area contributed by atoms with Gasteiger partial charge in [-0.15, -0.1) is 0 Å². The molecule has 5 rings (SSSR count). The number of phenols is 1. The fourth-order valence-electron chi connectivity index (χ4n) is 5.36. The van der Waals surface area contributed by atoms with E-state index < -0.39 is 52.0 Å². The molecule has 1 fully saturated rings. The first-order valence-corrected chi connectivity index (χ1v) is 11.0. The van der Waals surface area contributed by atoms with E-state index in [0.29, 0.717) is 5.56 Å². The van der Waals surface area contributed by atoms with Crippen LogP contribution in [0.5, 0.6) is 5.75 Å². The van der Waals surface area contributed by atoms with E-state index >= 15 is 0 Å². The lowest BCUT2D eigenvalue weighted by Gasteiger charge is -2.46. The number of carbonyl (C=O) groups excluding carboxylic acids is 3. The second-order valence-corrected chi connectivity index (χ2v) is 9.02. The predicted octanol–water partition coefficient (Wildman–Crippen LogP) is 1.82. The zero-order valence-electron chi connectivity index (χ0n) is 18.4. The molecular formula is C27H21NO7. The Labute approximate surface area is 200 Å². The van der Waals surface area contributed by atoms with Gasteiger partial charge < -0.3 is 26.2 Å². The number of benzene rings is 2. The molecule has 2 aromatic rings. The average Bonchev–Trinajstić information content (AvgIpc) is 2.81. The van der Waals surface area contributed by atoms with Gasteiger partial charge in [-0.05, 0) is 42.5 Å². The third-order valence-electron chi connectivity index (χ3n) is 7.05. The number of aromatic hydroxyl groups is 1. The van der Waals surface area contributed by atoms with Crippen LogP contribution in [0.4, 0.5) is 0 Å². The first-order valence-electron chi connectivity index (χ1n) is 11.0. The van der Waals surface area contributed by atoms with Crippen LogP contribution in [-0.2, 0) is 20.8 Å². The Kier molecular flexibility index (Phi) is 5.04. The number of rotatable bonds is 1. The molecule has 3 atom stereocenters. The molecule has 35 heavy (non-hydrogen) atoms. The molecule has 8 heteroatoms. The lowest BCUT2D eigenvalue weighted by molar-refractivity contribution is -0.147. The van der Waals surface area contributed by atoms with Crippen molar-refractivity contribution < 1.29 is 34.8 Å². The zero-order chi connectivity index (χ0) is 25.1. The van der Waals surface area contributed by atoms with Gasteiger partial charge in [0.2, 0.25) is 5.78 Å². The van der Waals surface area contributed by atoms with Gasteiger partial charge in [-0.2, -0.15) is 0 Å². The normalized spacial score (nSPS) is 25.3. The predicted molar refractivity (Wildman–Crippen MR) is 124 cm³/mol. The van der Waals surface area contributed by atoms with Crippen molar-refractivity contribution in [2.24, 2.45) is 17.6 Å². The highest BCUT2D eigenvalue weighted by atomic mass is 16.3. The van der Waals surface area contributed by atoms with Crippen LogP contribution in [0.2, 0.25) is 0 Å². The van der Waals surface area contributed by atoms with E-state index in [1.54, 1.807) is 24.3 Å². The third-order valence-corrected chi connectivity index (χ3v) is 7.05. The summed E-state index contributed by atoms with van der Waals surface area (Å²) in [6.45, 7) is 0. The van der Waals surface area contributed by atoms with Gasteiger partial charge in [0.25, 0.3) is 5.91 Å². The van der Waals surface area contributed by atoms with E-state index in [1.807, 2.05) is 18.2 Å². The minimum Gasteiger partial charge on any atom is -0.508 e. The molecular weight excluding hydrogens is 450 g/mol. The van der Waals surface area contributed by atoms with Gasteiger partial charge in [-0.3, -0.25) is 14.4 Å². The Hall–Kier alpha value is -4.35. The number of primary amides is 1. The molecule has 3 unspecified atom stereocenters. The van der Waals surface area contributed by atoms with Crippen molar-refractivity contribution in [3.8, 4) is 17.6 Å². The van der Waals surface area contributed by atoms with Gasteiger partial charge in [-0.1, -0.05) is 36.1 Å². The van der Waals surface area contributed by atoms with Gasteiger partial charge in [0.1, 0.15) is 22.8 Å². The minimum absolute atomic E-state index is 0.0250. The van der Waals surface area contributed by atoms with Crippen LogP contribution >= 0.6 is 0 Å². The van der Waals surface area contributed by atoms with Crippen molar-refractivity contribution in [1.82, 2.24) is 0 Å². The summed E-state index contributed by atoms with van der Waals surface area (Å²) in [6, 6.07) is 12.4. The number of hydrogen-bond acceptors (Lipinski definition) is 7. The van der Waals surface area contributed by atoms with E-state index in [0.717, 1.165) is 5.56 Å². The summed E-state index contributed by atoms with van der Waals surface area (Å²) in [6.07, 6.45) is 0.00875. The maximum atomic E-state index is 13.5. The van der Waals surface area contributed by atoms with Gasteiger partial charge in [0.05, 0.1) is 11.1 Å². The Balaban J connectivity index is 1.63. The largest absolute Gasteiger partial charge is 0.508 e. The molecule has 6 N–H and O–H groups in total. The van der Waals surface area contributed by atoms with Gasteiger partial charge in [-0.25, -0.2) is 0 Å². The number of amides is 1. The molecule has 0 aliphatic heterocycles. The van der Waals surface area contributed by atoms with Crippen LogP contribution in [-0.4, -0.2) is 43.5 Å². The molecule has 2 aromatic carbocycles. The van der Waals surface area contributed by atoms with Crippen molar-refractivity contribution in [3.63, 3.8) is 0 Å². The van der Waals surface area contributed by atoms with Gasteiger partial charge in [0.15, 0.2) is 11.4 Å². The lowest BCUT2D eigenvalue weighted by Crippen LogP contribution is -2.58. The highest BCUT2D eigenvalue weighted by Gasteiger charge is 2.60. The Morgan fingerprint density at radius 3 is 2.40 bits per heavy atom. The molecule has 0 saturated heterocycles. The quantitative estimate of drug-likeness (QED) is 0.313. The molecule has 0 bridgehead atoms. The van der Waals surface area contributed by atoms with Crippen molar-refractivity contribution in [2.75, 3.05) is 0 Å². The van der Waals surface area contributed by atoms with E-state index in [1.165, 1.54) is 0 Å².